The van der Waals surface area contributed by atoms with E-state index >= 15 is 0 Å². The number of pyridine rings is 1. The zero-order valence-corrected chi connectivity index (χ0v) is 19.2. The predicted octanol–water partition coefficient (Wildman–Crippen LogP) is 1.39. The molecule has 4 heterocycles. The molecule has 0 aromatic carbocycles. The lowest BCUT2D eigenvalue weighted by atomic mass is 9.96. The maximum absolute atomic E-state index is 11.6. The number of amides is 1. The number of aromatic nitrogens is 1. The van der Waals surface area contributed by atoms with E-state index in [1.165, 1.54) is 6.42 Å². The van der Waals surface area contributed by atoms with Gasteiger partial charge in [-0.25, -0.2) is 4.98 Å². The lowest BCUT2D eigenvalue weighted by Gasteiger charge is -2.33. The third-order valence-corrected chi connectivity index (χ3v) is 6.09. The molecular formula is C20H31IN6O2. The third-order valence-electron chi connectivity index (χ3n) is 6.09. The summed E-state index contributed by atoms with van der Waals surface area (Å²) in [5, 5.41) is 6.92. The van der Waals surface area contributed by atoms with Gasteiger partial charge in [0.1, 0.15) is 5.82 Å². The average molecular weight is 514 g/mol. The Morgan fingerprint density at radius 1 is 1.41 bits per heavy atom. The van der Waals surface area contributed by atoms with Crippen molar-refractivity contribution < 1.29 is 9.53 Å². The summed E-state index contributed by atoms with van der Waals surface area (Å²) in [4.78, 5) is 22.8. The van der Waals surface area contributed by atoms with Crippen LogP contribution in [0.3, 0.4) is 0 Å². The normalized spacial score (nSPS) is 28.7. The van der Waals surface area contributed by atoms with Crippen molar-refractivity contribution >= 4 is 41.7 Å². The Bertz CT molecular complexity index is 745. The van der Waals surface area contributed by atoms with Crippen LogP contribution in [0.4, 0.5) is 5.82 Å². The van der Waals surface area contributed by atoms with Gasteiger partial charge in [-0.1, -0.05) is 6.07 Å². The molecule has 4 rings (SSSR count). The van der Waals surface area contributed by atoms with Crippen LogP contribution >= 0.6 is 24.0 Å². The molecule has 3 fully saturated rings. The van der Waals surface area contributed by atoms with Crippen molar-refractivity contribution in [2.75, 3.05) is 25.0 Å². The molecule has 3 aliphatic rings. The Balaban J connectivity index is 0.00000240. The lowest BCUT2D eigenvalue weighted by molar-refractivity contribution is -0.122. The van der Waals surface area contributed by atoms with Crippen LogP contribution in [-0.2, 0) is 16.1 Å². The minimum absolute atomic E-state index is 0. The number of fused-ring (bicyclic) bond motifs is 2. The van der Waals surface area contributed by atoms with E-state index in [-0.39, 0.29) is 35.8 Å². The Morgan fingerprint density at radius 3 is 2.97 bits per heavy atom. The van der Waals surface area contributed by atoms with Gasteiger partial charge in [0, 0.05) is 38.4 Å². The van der Waals surface area contributed by atoms with E-state index in [0.29, 0.717) is 31.3 Å². The highest BCUT2D eigenvalue weighted by Crippen LogP contribution is 2.34. The van der Waals surface area contributed by atoms with Crippen molar-refractivity contribution in [3.63, 3.8) is 0 Å². The molecule has 9 heteroatoms. The Morgan fingerprint density at radius 2 is 2.28 bits per heavy atom. The summed E-state index contributed by atoms with van der Waals surface area (Å²) in [6.45, 7) is 2.14. The molecule has 0 aliphatic carbocycles. The van der Waals surface area contributed by atoms with Crippen molar-refractivity contribution in [1.82, 2.24) is 15.6 Å². The molecule has 1 aromatic rings. The first-order chi connectivity index (χ1) is 13.6. The molecule has 0 saturated carbocycles. The van der Waals surface area contributed by atoms with E-state index in [4.69, 9.17) is 10.5 Å². The molecule has 3 saturated heterocycles. The Kier molecular flexibility index (Phi) is 7.55. The van der Waals surface area contributed by atoms with Gasteiger partial charge in [0.2, 0.25) is 5.91 Å². The molecule has 160 valence electrons. The zero-order valence-electron chi connectivity index (χ0n) is 16.8. The number of nitrogens with two attached hydrogens (primary N) is 1. The first-order valence-corrected chi connectivity index (χ1v) is 10.2. The van der Waals surface area contributed by atoms with Crippen molar-refractivity contribution in [1.29, 1.82) is 0 Å². The van der Waals surface area contributed by atoms with Crippen LogP contribution in [0.25, 0.3) is 0 Å². The molecule has 4 atom stereocenters. The molecular weight excluding hydrogens is 483 g/mol. The second kappa shape index (κ2) is 9.92. The van der Waals surface area contributed by atoms with Crippen LogP contribution < -0.4 is 21.3 Å². The molecule has 2 bridgehead atoms. The van der Waals surface area contributed by atoms with E-state index in [2.05, 4.69) is 31.6 Å². The van der Waals surface area contributed by atoms with Crippen LogP contribution in [0.1, 0.15) is 37.7 Å². The van der Waals surface area contributed by atoms with Gasteiger partial charge in [-0.2, -0.15) is 0 Å². The average Bonchev–Trinajstić information content (AvgIpc) is 3.34. The second-order valence-corrected chi connectivity index (χ2v) is 7.96. The smallest absolute Gasteiger partial charge is 0.222 e. The van der Waals surface area contributed by atoms with Crippen LogP contribution in [0.2, 0.25) is 0 Å². The molecule has 0 radical (unpaired) electrons. The molecule has 1 amide bonds. The first-order valence-electron chi connectivity index (χ1n) is 10.2. The summed E-state index contributed by atoms with van der Waals surface area (Å²) >= 11 is 0. The second-order valence-electron chi connectivity index (χ2n) is 7.96. The predicted molar refractivity (Wildman–Crippen MR) is 123 cm³/mol. The largest absolute Gasteiger partial charge is 0.373 e. The van der Waals surface area contributed by atoms with E-state index in [1.54, 1.807) is 13.2 Å². The number of carbonyl (C=O) groups excluding carboxylic acids is 1. The van der Waals surface area contributed by atoms with Gasteiger partial charge in [-0.15, -0.1) is 24.0 Å². The summed E-state index contributed by atoms with van der Waals surface area (Å²) in [7, 11) is 1.79. The third kappa shape index (κ3) is 5.11. The number of carbonyl (C=O) groups is 1. The van der Waals surface area contributed by atoms with Gasteiger partial charge in [0.25, 0.3) is 0 Å². The highest BCUT2D eigenvalue weighted by molar-refractivity contribution is 14.0. The molecule has 0 spiro atoms. The zero-order chi connectivity index (χ0) is 19.5. The monoisotopic (exact) mass is 514 g/mol. The molecule has 1 aromatic heterocycles. The molecule has 4 N–H and O–H groups in total. The summed E-state index contributed by atoms with van der Waals surface area (Å²) < 4.78 is 5.92. The highest BCUT2D eigenvalue weighted by Gasteiger charge is 2.41. The fourth-order valence-corrected chi connectivity index (χ4v) is 4.59. The maximum atomic E-state index is 11.6. The summed E-state index contributed by atoms with van der Waals surface area (Å²) in [5.41, 5.74) is 6.62. The van der Waals surface area contributed by atoms with E-state index in [9.17, 15) is 4.79 Å². The summed E-state index contributed by atoms with van der Waals surface area (Å²) in [6.07, 6.45) is 7.66. The van der Waals surface area contributed by atoms with Crippen LogP contribution in [0.5, 0.6) is 0 Å². The highest BCUT2D eigenvalue weighted by atomic mass is 127. The Hall–Kier alpha value is -1.62. The van der Waals surface area contributed by atoms with Crippen LogP contribution in [0, 0.1) is 5.92 Å². The van der Waals surface area contributed by atoms with Gasteiger partial charge >= 0.3 is 0 Å². The summed E-state index contributed by atoms with van der Waals surface area (Å²) in [5.74, 6) is 1.37. The van der Waals surface area contributed by atoms with E-state index in [1.807, 2.05) is 6.07 Å². The van der Waals surface area contributed by atoms with Gasteiger partial charge in [-0.05, 0) is 38.2 Å². The standard InChI is InChI=1S/C20H30N6O2.HI/c1-22-20(25-16-10-15-6-7-17(16)28-15)24-11-13-4-2-8-23-19(13)26-9-3-5-14(12-26)18(21)27;/h2,4,8,14-17H,3,5-7,9-12H2,1H3,(H2,21,27)(H2,22,24,25);1H. The first kappa shape index (κ1) is 22.1. The molecule has 8 nitrogen and oxygen atoms in total. The van der Waals surface area contributed by atoms with E-state index < -0.39 is 0 Å². The van der Waals surface area contributed by atoms with Gasteiger partial charge in [0.15, 0.2) is 5.96 Å². The number of hydrogen-bond donors (Lipinski definition) is 3. The number of nitrogens with one attached hydrogen (secondary N) is 2. The SMILES string of the molecule is CN=C(NCc1cccnc1N1CCCC(C(N)=O)C1)NC1CC2CCC1O2.I. The number of ether oxygens (including phenoxy) is 1. The fourth-order valence-electron chi connectivity index (χ4n) is 4.59. The van der Waals surface area contributed by atoms with Gasteiger partial charge in [0.05, 0.1) is 24.2 Å². The van der Waals surface area contributed by atoms with Crippen molar-refractivity contribution in [3.05, 3.63) is 23.9 Å². The number of nitrogens with zero attached hydrogens (tertiary/aromatic N) is 3. The van der Waals surface area contributed by atoms with Crippen LogP contribution in [0.15, 0.2) is 23.3 Å². The number of aliphatic imine (C=N–C) groups is 1. The van der Waals surface area contributed by atoms with E-state index in [0.717, 1.165) is 49.6 Å². The van der Waals surface area contributed by atoms with Gasteiger partial charge < -0.3 is 26.0 Å². The van der Waals surface area contributed by atoms with Crippen molar-refractivity contribution in [3.8, 4) is 0 Å². The molecule has 3 aliphatic heterocycles. The van der Waals surface area contributed by atoms with Crippen molar-refractivity contribution in [2.24, 2.45) is 16.6 Å². The number of rotatable bonds is 5. The molecule has 29 heavy (non-hydrogen) atoms. The van der Waals surface area contributed by atoms with Gasteiger partial charge in [-0.3, -0.25) is 9.79 Å². The summed E-state index contributed by atoms with van der Waals surface area (Å²) in [6, 6.07) is 4.34. The number of primary amides is 1. The molecule has 4 unspecified atom stereocenters. The van der Waals surface area contributed by atoms with Crippen LogP contribution in [-0.4, -0.2) is 55.2 Å². The number of halogens is 1. The maximum Gasteiger partial charge on any atom is 0.222 e. The number of anilines is 1. The number of piperidine rings is 1. The topological polar surface area (TPSA) is 105 Å². The minimum Gasteiger partial charge on any atom is -0.373 e. The Labute approximate surface area is 189 Å². The quantitative estimate of drug-likeness (QED) is 0.312. The fraction of sp³-hybridized carbons (Fsp3) is 0.650. The van der Waals surface area contributed by atoms with Crippen molar-refractivity contribution in [2.45, 2.75) is 56.9 Å². The lowest BCUT2D eigenvalue weighted by Crippen LogP contribution is -2.47. The number of hydrogen-bond acceptors (Lipinski definition) is 5. The number of guanidine groups is 1. The minimum atomic E-state index is -0.224.